The Labute approximate surface area is 215 Å². The number of urea groups is 1. The van der Waals surface area contributed by atoms with E-state index in [0.717, 1.165) is 43.0 Å². The molecule has 184 valence electrons. The minimum atomic E-state index is -0.638. The topological polar surface area (TPSA) is 71.2 Å². The van der Waals surface area contributed by atoms with Gasteiger partial charge in [-0.2, -0.15) is 0 Å². The van der Waals surface area contributed by atoms with E-state index in [1.807, 2.05) is 23.5 Å². The summed E-state index contributed by atoms with van der Waals surface area (Å²) < 4.78 is 15.1. The van der Waals surface area contributed by atoms with Gasteiger partial charge in [0.25, 0.3) is 0 Å². The molecule has 5 nitrogen and oxygen atoms in total. The lowest BCUT2D eigenvalue weighted by Gasteiger charge is -2.44. The van der Waals surface area contributed by atoms with Crippen LogP contribution in [-0.2, 0) is 25.7 Å². The van der Waals surface area contributed by atoms with Crippen LogP contribution in [0.4, 0.5) is 14.9 Å². The molecule has 1 saturated heterocycles. The number of thiophene rings is 1. The molecule has 2 aromatic heterocycles. The number of carbonyl (C=O) groups is 1. The minimum Gasteiger partial charge on any atom is -0.351 e. The highest BCUT2D eigenvalue weighted by Gasteiger charge is 2.32. The number of hydrogen-bond acceptors (Lipinski definition) is 5. The number of aromatic nitrogens is 1. The van der Waals surface area contributed by atoms with E-state index in [-0.39, 0.29) is 0 Å². The molecule has 3 heterocycles. The molecule has 3 N–H and O–H groups in total. The summed E-state index contributed by atoms with van der Waals surface area (Å²) in [6.07, 6.45) is 9.46. The molecule has 6 rings (SSSR count). The van der Waals surface area contributed by atoms with Gasteiger partial charge in [0.2, 0.25) is 0 Å². The number of carbonyl (C=O) groups excluding carboxylic acids is 1. The molecule has 2 aliphatic carbocycles. The molecule has 35 heavy (non-hydrogen) atoms. The number of thiol groups is 1. The zero-order valence-electron chi connectivity index (χ0n) is 19.9. The maximum atomic E-state index is 13.9. The smallest absolute Gasteiger partial charge is 0.316 e. The summed E-state index contributed by atoms with van der Waals surface area (Å²) in [6, 6.07) is 7.87. The van der Waals surface area contributed by atoms with Crippen molar-refractivity contribution in [2.24, 2.45) is 11.7 Å². The number of primary amides is 1. The van der Waals surface area contributed by atoms with Crippen LogP contribution in [0.1, 0.15) is 41.3 Å². The van der Waals surface area contributed by atoms with Crippen molar-refractivity contribution in [3.05, 3.63) is 64.0 Å². The second-order valence-electron chi connectivity index (χ2n) is 9.81. The number of hydrogen-bond donors (Lipinski definition) is 3. The van der Waals surface area contributed by atoms with Crippen molar-refractivity contribution in [2.75, 3.05) is 18.4 Å². The van der Waals surface area contributed by atoms with E-state index in [1.165, 1.54) is 48.3 Å². The van der Waals surface area contributed by atoms with Crippen molar-refractivity contribution in [2.45, 2.75) is 55.7 Å². The predicted molar refractivity (Wildman–Crippen MR) is 143 cm³/mol. The number of halogens is 1. The third-order valence-corrected chi connectivity index (χ3v) is 8.69. The minimum absolute atomic E-state index is 0.415. The summed E-state index contributed by atoms with van der Waals surface area (Å²) in [7, 11) is 0. The first-order chi connectivity index (χ1) is 16.9. The van der Waals surface area contributed by atoms with Gasteiger partial charge in [0.1, 0.15) is 5.82 Å². The Morgan fingerprint density at radius 1 is 1.20 bits per heavy atom. The average Bonchev–Trinajstić information content (AvgIpc) is 3.43. The number of likely N-dealkylation sites (tertiary alicyclic amines) is 1. The molecule has 3 aromatic rings. The van der Waals surface area contributed by atoms with Crippen LogP contribution < -0.4 is 11.1 Å². The van der Waals surface area contributed by atoms with Crippen molar-refractivity contribution < 1.29 is 9.18 Å². The van der Waals surface area contributed by atoms with E-state index >= 15 is 0 Å². The van der Waals surface area contributed by atoms with Gasteiger partial charge in [-0.1, -0.05) is 19.1 Å². The van der Waals surface area contributed by atoms with Crippen molar-refractivity contribution >= 4 is 35.7 Å². The summed E-state index contributed by atoms with van der Waals surface area (Å²) in [5.41, 5.74) is 10.7. The van der Waals surface area contributed by atoms with Crippen LogP contribution in [0.5, 0.6) is 0 Å². The van der Waals surface area contributed by atoms with Gasteiger partial charge in [-0.05, 0) is 73.3 Å². The third kappa shape index (κ3) is 5.25. The largest absolute Gasteiger partial charge is 0.351 e. The highest BCUT2D eigenvalue weighted by molar-refractivity contribution is 7.82. The molecule has 1 aromatic carbocycles. The SMILES string of the molecule is CC1CN(C2CCc3sc(S)cc3C2)C1.NC(=O)Nc1c(-c2ccncc2F)ccc2c1CCC2. The zero-order valence-corrected chi connectivity index (χ0v) is 21.6. The van der Waals surface area contributed by atoms with Gasteiger partial charge in [-0.3, -0.25) is 9.88 Å². The highest BCUT2D eigenvalue weighted by atomic mass is 32.2. The molecule has 0 bridgehead atoms. The molecule has 1 fully saturated rings. The van der Waals surface area contributed by atoms with Crippen LogP contribution >= 0.6 is 24.0 Å². The van der Waals surface area contributed by atoms with Gasteiger partial charge in [-0.25, -0.2) is 9.18 Å². The molecular formula is C27H31FN4OS2. The van der Waals surface area contributed by atoms with Gasteiger partial charge < -0.3 is 11.1 Å². The molecule has 0 spiro atoms. The molecule has 3 aliphatic rings. The number of benzene rings is 1. The number of fused-ring (bicyclic) bond motifs is 2. The first kappa shape index (κ1) is 24.3. The van der Waals surface area contributed by atoms with Gasteiger partial charge in [0.15, 0.2) is 0 Å². The monoisotopic (exact) mass is 510 g/mol. The van der Waals surface area contributed by atoms with E-state index in [0.29, 0.717) is 16.8 Å². The van der Waals surface area contributed by atoms with Gasteiger partial charge in [-0.15, -0.1) is 24.0 Å². The van der Waals surface area contributed by atoms with E-state index < -0.39 is 11.8 Å². The number of rotatable bonds is 3. The Hall–Kier alpha value is -2.42. The Balaban J connectivity index is 0.000000151. The Kier molecular flexibility index (Phi) is 7.14. The summed E-state index contributed by atoms with van der Waals surface area (Å²) in [6.45, 7) is 4.98. The summed E-state index contributed by atoms with van der Waals surface area (Å²) >= 11 is 6.32. The maximum absolute atomic E-state index is 13.9. The fourth-order valence-electron chi connectivity index (χ4n) is 5.60. The van der Waals surface area contributed by atoms with E-state index in [2.05, 4.69) is 40.8 Å². The first-order valence-corrected chi connectivity index (χ1v) is 13.5. The molecular weight excluding hydrogens is 479 g/mol. The molecule has 8 heteroatoms. The number of nitrogens with two attached hydrogens (primary N) is 1. The second-order valence-corrected chi connectivity index (χ2v) is 11.7. The first-order valence-electron chi connectivity index (χ1n) is 12.2. The fraction of sp³-hybridized carbons (Fsp3) is 0.407. The number of nitrogens with one attached hydrogen (secondary N) is 1. The molecule has 2 amide bonds. The van der Waals surface area contributed by atoms with Crippen LogP contribution in [0.2, 0.25) is 0 Å². The molecule has 1 aliphatic heterocycles. The van der Waals surface area contributed by atoms with Crippen LogP contribution in [0.15, 0.2) is 40.9 Å². The van der Waals surface area contributed by atoms with Crippen molar-refractivity contribution in [1.29, 1.82) is 0 Å². The van der Waals surface area contributed by atoms with Gasteiger partial charge in [0.05, 0.1) is 16.1 Å². The fourth-order valence-corrected chi connectivity index (χ4v) is 7.03. The normalized spacial score (nSPS) is 19.2. The predicted octanol–water partition coefficient (Wildman–Crippen LogP) is 5.71. The Morgan fingerprint density at radius 2 is 2.03 bits per heavy atom. The molecule has 1 atom stereocenters. The van der Waals surface area contributed by atoms with Crippen LogP contribution in [0.3, 0.4) is 0 Å². The lowest BCUT2D eigenvalue weighted by atomic mass is 9.89. The van der Waals surface area contributed by atoms with E-state index in [9.17, 15) is 9.18 Å². The Morgan fingerprint density at radius 3 is 2.77 bits per heavy atom. The van der Waals surface area contributed by atoms with E-state index in [4.69, 9.17) is 5.73 Å². The average molecular weight is 511 g/mol. The quantitative estimate of drug-likeness (QED) is 0.395. The zero-order chi connectivity index (χ0) is 24.5. The third-order valence-electron chi connectivity index (χ3n) is 7.25. The number of nitrogens with zero attached hydrogens (tertiary/aromatic N) is 2. The lowest BCUT2D eigenvalue weighted by Crippen LogP contribution is -2.52. The highest BCUT2D eigenvalue weighted by Crippen LogP contribution is 2.38. The number of amides is 2. The Bertz CT molecular complexity index is 1240. The van der Waals surface area contributed by atoms with Gasteiger partial charge >= 0.3 is 6.03 Å². The molecule has 0 radical (unpaired) electrons. The van der Waals surface area contributed by atoms with Gasteiger partial charge in [0, 0.05) is 41.3 Å². The van der Waals surface area contributed by atoms with Crippen molar-refractivity contribution in [3.8, 4) is 11.1 Å². The lowest BCUT2D eigenvalue weighted by molar-refractivity contribution is 0.0557. The summed E-state index contributed by atoms with van der Waals surface area (Å²) in [4.78, 5) is 19.2. The number of anilines is 1. The maximum Gasteiger partial charge on any atom is 0.316 e. The summed E-state index contributed by atoms with van der Waals surface area (Å²) in [5, 5.41) is 2.65. The van der Waals surface area contributed by atoms with Crippen LogP contribution in [-0.4, -0.2) is 35.0 Å². The standard InChI is InChI=1S/C15H14FN3O.C12H17NS2/c16-13-8-18-7-6-11(13)12-5-4-9-2-1-3-10(9)14(12)19-15(17)20;1-8-6-13(7-8)10-2-3-11-9(4-10)5-12(14)15-11/h4-8H,1-3H2,(H3,17,19,20);5,8,10,14H,2-4,6-7H2,1H3. The summed E-state index contributed by atoms with van der Waals surface area (Å²) in [5.74, 6) is 0.507. The number of pyridine rings is 1. The number of aryl methyl sites for hydroxylation is 2. The molecule has 1 unspecified atom stereocenters. The van der Waals surface area contributed by atoms with Crippen molar-refractivity contribution in [1.82, 2.24) is 9.88 Å². The van der Waals surface area contributed by atoms with E-state index in [1.54, 1.807) is 16.5 Å². The second kappa shape index (κ2) is 10.3. The van der Waals surface area contributed by atoms with Crippen molar-refractivity contribution in [3.63, 3.8) is 0 Å². The van der Waals surface area contributed by atoms with Crippen LogP contribution in [0, 0.1) is 11.7 Å². The molecule has 0 saturated carbocycles. The van der Waals surface area contributed by atoms with Crippen LogP contribution in [0.25, 0.3) is 11.1 Å².